The minimum Gasteiger partial charge on any atom is -0.330 e. The van der Waals surface area contributed by atoms with E-state index < -0.39 is 0 Å². The van der Waals surface area contributed by atoms with Crippen LogP contribution in [0.1, 0.15) is 48.5 Å². The Hall–Kier alpha value is -1.88. The van der Waals surface area contributed by atoms with Crippen LogP contribution < -0.4 is 5.32 Å². The molecule has 2 aromatic heterocycles. The molecule has 116 valence electrons. The second-order valence-corrected chi connectivity index (χ2v) is 6.59. The van der Waals surface area contributed by atoms with Crippen LogP contribution in [-0.4, -0.2) is 22.5 Å². The molecule has 0 saturated carbocycles. The van der Waals surface area contributed by atoms with E-state index in [9.17, 15) is 4.79 Å². The van der Waals surface area contributed by atoms with Crippen molar-refractivity contribution in [3.8, 4) is 0 Å². The Bertz CT molecular complexity index is 640. The second-order valence-electron chi connectivity index (χ2n) is 5.59. The van der Waals surface area contributed by atoms with Gasteiger partial charge in [0, 0.05) is 17.6 Å². The first-order valence-electron chi connectivity index (χ1n) is 7.75. The minimum absolute atomic E-state index is 0.00172. The maximum absolute atomic E-state index is 12.7. The maximum atomic E-state index is 12.7. The van der Waals surface area contributed by atoms with Crippen LogP contribution in [0, 0.1) is 0 Å². The van der Waals surface area contributed by atoms with E-state index in [-0.39, 0.29) is 18.1 Å². The molecular weight excluding hydrogens is 294 g/mol. The summed E-state index contributed by atoms with van der Waals surface area (Å²) >= 11 is 1.80. The molecule has 1 N–H and O–H groups in total. The number of pyridine rings is 1. The molecule has 0 saturated heterocycles. The molecule has 2 aromatic rings. The summed E-state index contributed by atoms with van der Waals surface area (Å²) in [6.07, 6.45) is 3.65. The Morgan fingerprint density at radius 1 is 1.50 bits per heavy atom. The standard InChI is InChI=1S/C17H21N3OS/c1-3-15-13-8-11-22-16(13)7-10-20(15)17(21)19-12(2)14-6-4-5-9-18-14/h4-6,8-9,11-12,15H,3,7,10H2,1-2H3,(H,19,21)/t12-,15+/m0/s1. The first-order chi connectivity index (χ1) is 10.7. The third-order valence-electron chi connectivity index (χ3n) is 4.21. The predicted octanol–water partition coefficient (Wildman–Crippen LogP) is 3.92. The van der Waals surface area contributed by atoms with E-state index >= 15 is 0 Å². The summed E-state index contributed by atoms with van der Waals surface area (Å²) < 4.78 is 0. The minimum atomic E-state index is -0.0879. The van der Waals surface area contributed by atoms with E-state index in [0.29, 0.717) is 0 Å². The topological polar surface area (TPSA) is 45.2 Å². The van der Waals surface area contributed by atoms with Crippen molar-refractivity contribution in [1.82, 2.24) is 15.2 Å². The molecule has 1 aliphatic rings. The highest BCUT2D eigenvalue weighted by Crippen LogP contribution is 2.35. The molecule has 0 fully saturated rings. The van der Waals surface area contributed by atoms with Gasteiger partial charge in [0.05, 0.1) is 17.8 Å². The zero-order chi connectivity index (χ0) is 15.5. The highest BCUT2D eigenvalue weighted by atomic mass is 32.1. The number of nitrogens with one attached hydrogen (secondary N) is 1. The Morgan fingerprint density at radius 2 is 2.36 bits per heavy atom. The van der Waals surface area contributed by atoms with Gasteiger partial charge in [-0.15, -0.1) is 11.3 Å². The SMILES string of the molecule is CC[C@@H]1c2ccsc2CCN1C(=O)N[C@@H](C)c1ccccn1. The molecule has 2 amide bonds. The summed E-state index contributed by atoms with van der Waals surface area (Å²) in [5, 5.41) is 5.21. The molecule has 0 aromatic carbocycles. The zero-order valence-corrected chi connectivity index (χ0v) is 13.8. The molecule has 0 radical (unpaired) electrons. The molecule has 0 bridgehead atoms. The average molecular weight is 315 g/mol. The van der Waals surface area contributed by atoms with Gasteiger partial charge in [-0.1, -0.05) is 13.0 Å². The number of hydrogen-bond acceptors (Lipinski definition) is 3. The van der Waals surface area contributed by atoms with Crippen LogP contribution in [0.25, 0.3) is 0 Å². The summed E-state index contributed by atoms with van der Waals surface area (Å²) in [4.78, 5) is 20.4. The normalized spacial score (nSPS) is 18.6. The molecule has 2 atom stereocenters. The van der Waals surface area contributed by atoms with Crippen molar-refractivity contribution < 1.29 is 4.79 Å². The third-order valence-corrected chi connectivity index (χ3v) is 5.21. The number of fused-ring (bicyclic) bond motifs is 1. The van der Waals surface area contributed by atoms with Gasteiger partial charge in [-0.05, 0) is 48.9 Å². The predicted molar refractivity (Wildman–Crippen MR) is 88.9 cm³/mol. The summed E-state index contributed by atoms with van der Waals surface area (Å²) in [5.41, 5.74) is 2.21. The molecule has 3 rings (SSSR count). The van der Waals surface area contributed by atoms with Gasteiger partial charge in [-0.3, -0.25) is 4.98 Å². The van der Waals surface area contributed by atoms with Gasteiger partial charge >= 0.3 is 6.03 Å². The number of nitrogens with zero attached hydrogens (tertiary/aromatic N) is 2. The van der Waals surface area contributed by atoms with Gasteiger partial charge < -0.3 is 10.2 Å². The quantitative estimate of drug-likeness (QED) is 0.933. The number of thiophene rings is 1. The number of amides is 2. The third kappa shape index (κ3) is 2.86. The number of aromatic nitrogens is 1. The molecule has 1 aliphatic heterocycles. The molecule has 4 nitrogen and oxygen atoms in total. The Morgan fingerprint density at radius 3 is 3.09 bits per heavy atom. The number of carbonyl (C=O) groups is 1. The van der Waals surface area contributed by atoms with Crippen molar-refractivity contribution >= 4 is 17.4 Å². The van der Waals surface area contributed by atoms with Gasteiger partial charge in [0.25, 0.3) is 0 Å². The van der Waals surface area contributed by atoms with Gasteiger partial charge in [0.2, 0.25) is 0 Å². The summed E-state index contributed by atoms with van der Waals surface area (Å²) in [6, 6.07) is 8.03. The monoisotopic (exact) mass is 315 g/mol. The lowest BCUT2D eigenvalue weighted by atomic mass is 9.98. The fourth-order valence-electron chi connectivity index (χ4n) is 3.05. The van der Waals surface area contributed by atoms with Crippen molar-refractivity contribution in [1.29, 1.82) is 0 Å². The first-order valence-corrected chi connectivity index (χ1v) is 8.63. The molecule has 0 unspecified atom stereocenters. The van der Waals surface area contributed by atoms with Gasteiger partial charge in [0.15, 0.2) is 0 Å². The van der Waals surface area contributed by atoms with E-state index in [1.165, 1.54) is 10.4 Å². The van der Waals surface area contributed by atoms with Gasteiger partial charge in [-0.2, -0.15) is 0 Å². The van der Waals surface area contributed by atoms with Crippen molar-refractivity contribution in [2.45, 2.75) is 38.8 Å². The summed E-state index contributed by atoms with van der Waals surface area (Å²) in [5.74, 6) is 0. The molecule has 0 aliphatic carbocycles. The van der Waals surface area contributed by atoms with Crippen molar-refractivity contribution in [3.05, 3.63) is 52.0 Å². The lowest BCUT2D eigenvalue weighted by Crippen LogP contribution is -2.45. The van der Waals surface area contributed by atoms with Crippen LogP contribution in [0.5, 0.6) is 0 Å². The van der Waals surface area contributed by atoms with E-state index in [0.717, 1.165) is 25.1 Å². The van der Waals surface area contributed by atoms with Gasteiger partial charge in [-0.25, -0.2) is 4.79 Å². The highest BCUT2D eigenvalue weighted by Gasteiger charge is 2.30. The first kappa shape index (κ1) is 15.0. The zero-order valence-electron chi connectivity index (χ0n) is 13.0. The summed E-state index contributed by atoms with van der Waals surface area (Å²) in [6.45, 7) is 4.90. The second kappa shape index (κ2) is 6.48. The van der Waals surface area contributed by atoms with E-state index in [1.807, 2.05) is 30.0 Å². The van der Waals surface area contributed by atoms with Crippen LogP contribution in [0.4, 0.5) is 4.79 Å². The number of hydrogen-bond donors (Lipinski definition) is 1. The fraction of sp³-hybridized carbons (Fsp3) is 0.412. The highest BCUT2D eigenvalue weighted by molar-refractivity contribution is 7.10. The fourth-order valence-corrected chi connectivity index (χ4v) is 3.98. The van der Waals surface area contributed by atoms with Crippen LogP contribution >= 0.6 is 11.3 Å². The van der Waals surface area contributed by atoms with Crippen LogP contribution in [-0.2, 0) is 6.42 Å². The molecule has 22 heavy (non-hydrogen) atoms. The number of rotatable bonds is 3. The van der Waals surface area contributed by atoms with Crippen molar-refractivity contribution in [3.63, 3.8) is 0 Å². The lowest BCUT2D eigenvalue weighted by Gasteiger charge is -2.36. The number of urea groups is 1. The van der Waals surface area contributed by atoms with Crippen LogP contribution in [0.15, 0.2) is 35.8 Å². The number of carbonyl (C=O) groups excluding carboxylic acids is 1. The smallest absolute Gasteiger partial charge is 0.318 e. The Labute approximate surface area is 135 Å². The molecule has 5 heteroatoms. The summed E-state index contributed by atoms with van der Waals surface area (Å²) in [7, 11) is 0. The lowest BCUT2D eigenvalue weighted by molar-refractivity contribution is 0.165. The largest absolute Gasteiger partial charge is 0.330 e. The van der Waals surface area contributed by atoms with Gasteiger partial charge in [0.1, 0.15) is 0 Å². The van der Waals surface area contributed by atoms with E-state index in [2.05, 4.69) is 28.7 Å². The van der Waals surface area contributed by atoms with E-state index in [1.54, 1.807) is 17.5 Å². The van der Waals surface area contributed by atoms with E-state index in [4.69, 9.17) is 0 Å². The molecule has 0 spiro atoms. The van der Waals surface area contributed by atoms with Crippen molar-refractivity contribution in [2.75, 3.05) is 6.54 Å². The maximum Gasteiger partial charge on any atom is 0.318 e. The Kier molecular flexibility index (Phi) is 4.43. The van der Waals surface area contributed by atoms with Crippen LogP contribution in [0.2, 0.25) is 0 Å². The van der Waals surface area contributed by atoms with Crippen molar-refractivity contribution in [2.24, 2.45) is 0 Å². The molecule has 3 heterocycles. The average Bonchev–Trinajstić information content (AvgIpc) is 3.03. The Balaban J connectivity index is 1.72. The molecular formula is C17H21N3OS. The van der Waals surface area contributed by atoms with Crippen LogP contribution in [0.3, 0.4) is 0 Å².